The van der Waals surface area contributed by atoms with E-state index >= 15 is 0 Å². The molecule has 1 amide bonds. The lowest BCUT2D eigenvalue weighted by molar-refractivity contribution is 0.165. The molecule has 4 nitrogen and oxygen atoms in total. The molecule has 1 aromatic rings. The van der Waals surface area contributed by atoms with Gasteiger partial charge in [0.15, 0.2) is 0 Å². The summed E-state index contributed by atoms with van der Waals surface area (Å²) in [6, 6.07) is 7.84. The van der Waals surface area contributed by atoms with Crippen LogP contribution in [0.25, 0.3) is 0 Å². The van der Waals surface area contributed by atoms with Gasteiger partial charge in [0.2, 0.25) is 0 Å². The zero-order valence-corrected chi connectivity index (χ0v) is 12.3. The maximum absolute atomic E-state index is 11.7. The van der Waals surface area contributed by atoms with Crippen molar-refractivity contribution in [2.75, 3.05) is 20.1 Å². The highest BCUT2D eigenvalue weighted by Gasteiger charge is 2.10. The second-order valence-electron chi connectivity index (χ2n) is 4.72. The molecule has 1 N–H and O–H groups in total. The second-order valence-corrected chi connectivity index (χ2v) is 4.72. The molecule has 0 spiro atoms. The summed E-state index contributed by atoms with van der Waals surface area (Å²) in [6.07, 6.45) is 5.70. The van der Waals surface area contributed by atoms with E-state index in [2.05, 4.69) is 18.2 Å². The van der Waals surface area contributed by atoms with Gasteiger partial charge >= 0.3 is 6.09 Å². The molecule has 0 radical (unpaired) electrons. The number of nitrogens with one attached hydrogen (secondary N) is 1. The lowest BCUT2D eigenvalue weighted by atomic mass is 10.1. The molecular weight excluding hydrogens is 252 g/mol. The number of benzene rings is 1. The van der Waals surface area contributed by atoms with Gasteiger partial charge in [-0.2, -0.15) is 0 Å². The van der Waals surface area contributed by atoms with E-state index < -0.39 is 0 Å². The highest BCUT2D eigenvalue weighted by Crippen LogP contribution is 2.15. The van der Waals surface area contributed by atoms with Crippen molar-refractivity contribution in [2.24, 2.45) is 0 Å². The van der Waals surface area contributed by atoms with Gasteiger partial charge in [0.05, 0.1) is 6.54 Å². The topological polar surface area (TPSA) is 41.6 Å². The Morgan fingerprint density at radius 3 is 2.95 bits per heavy atom. The van der Waals surface area contributed by atoms with Crippen LogP contribution >= 0.6 is 0 Å². The van der Waals surface area contributed by atoms with Crippen LogP contribution in [0.3, 0.4) is 0 Å². The third kappa shape index (κ3) is 5.33. The van der Waals surface area contributed by atoms with Crippen LogP contribution in [0.2, 0.25) is 0 Å². The fraction of sp³-hybridized carbons (Fsp3) is 0.438. The first kappa shape index (κ1) is 16.1. The third-order valence-electron chi connectivity index (χ3n) is 2.98. The molecule has 1 atom stereocenters. The SMILES string of the molecule is C#CCN[C@H](C)Cc1cccc(OC(=O)N(C)CC)c1. The molecule has 0 unspecified atom stereocenters. The summed E-state index contributed by atoms with van der Waals surface area (Å²) in [4.78, 5) is 13.2. The van der Waals surface area contributed by atoms with Crippen molar-refractivity contribution in [3.05, 3.63) is 29.8 Å². The normalized spacial score (nSPS) is 11.5. The number of ether oxygens (including phenoxy) is 1. The monoisotopic (exact) mass is 274 g/mol. The van der Waals surface area contributed by atoms with Crippen molar-refractivity contribution in [3.63, 3.8) is 0 Å². The predicted octanol–water partition coefficient (Wildman–Crippen LogP) is 2.29. The Bertz CT molecular complexity index is 480. The van der Waals surface area contributed by atoms with Crippen LogP contribution < -0.4 is 10.1 Å². The molecule has 0 aliphatic heterocycles. The largest absolute Gasteiger partial charge is 0.414 e. The van der Waals surface area contributed by atoms with Gasteiger partial charge in [0.1, 0.15) is 5.75 Å². The lowest BCUT2D eigenvalue weighted by Gasteiger charge is -2.15. The van der Waals surface area contributed by atoms with Gasteiger partial charge in [0.25, 0.3) is 0 Å². The standard InChI is InChI=1S/C16H22N2O2/c1-5-10-17-13(3)11-14-8-7-9-15(12-14)20-16(19)18(4)6-2/h1,7-9,12-13,17H,6,10-11H2,2-4H3/t13-/m1/s1. The zero-order chi connectivity index (χ0) is 15.0. The first-order valence-corrected chi connectivity index (χ1v) is 6.75. The van der Waals surface area contributed by atoms with E-state index in [0.29, 0.717) is 18.8 Å². The molecule has 4 heteroatoms. The average molecular weight is 274 g/mol. The van der Waals surface area contributed by atoms with Gasteiger partial charge in [-0.1, -0.05) is 18.1 Å². The fourth-order valence-electron chi connectivity index (χ4n) is 1.70. The van der Waals surface area contributed by atoms with E-state index in [0.717, 1.165) is 12.0 Å². The summed E-state index contributed by atoms with van der Waals surface area (Å²) in [7, 11) is 1.71. The van der Waals surface area contributed by atoms with Crippen molar-refractivity contribution < 1.29 is 9.53 Å². The Hall–Kier alpha value is -1.99. The van der Waals surface area contributed by atoms with E-state index in [1.165, 1.54) is 4.90 Å². The third-order valence-corrected chi connectivity index (χ3v) is 2.98. The molecule has 1 rings (SSSR count). The van der Waals surface area contributed by atoms with Crippen molar-refractivity contribution in [1.29, 1.82) is 0 Å². The van der Waals surface area contributed by atoms with E-state index in [1.807, 2.05) is 25.1 Å². The molecule has 0 saturated heterocycles. The van der Waals surface area contributed by atoms with Gasteiger partial charge in [-0.05, 0) is 38.0 Å². The number of nitrogens with zero attached hydrogens (tertiary/aromatic N) is 1. The molecule has 1 aromatic carbocycles. The highest BCUT2D eigenvalue weighted by molar-refractivity contribution is 5.70. The minimum Gasteiger partial charge on any atom is -0.410 e. The number of rotatable bonds is 6. The fourth-order valence-corrected chi connectivity index (χ4v) is 1.70. The van der Waals surface area contributed by atoms with Crippen molar-refractivity contribution >= 4 is 6.09 Å². The molecule has 20 heavy (non-hydrogen) atoms. The molecule has 0 aromatic heterocycles. The maximum atomic E-state index is 11.7. The van der Waals surface area contributed by atoms with Crippen molar-refractivity contribution in [2.45, 2.75) is 26.3 Å². The van der Waals surface area contributed by atoms with Gasteiger partial charge in [-0.15, -0.1) is 6.42 Å². The van der Waals surface area contributed by atoms with Gasteiger partial charge in [-0.25, -0.2) is 4.79 Å². The molecule has 0 aliphatic rings. The first-order valence-electron chi connectivity index (χ1n) is 6.75. The minimum absolute atomic E-state index is 0.273. The van der Waals surface area contributed by atoms with E-state index in [1.54, 1.807) is 13.1 Å². The number of terminal acetylenes is 1. The number of hydrogen-bond donors (Lipinski definition) is 1. The summed E-state index contributed by atoms with van der Waals surface area (Å²) in [5, 5.41) is 3.22. The molecule has 0 fully saturated rings. The second kappa shape index (κ2) is 8.23. The van der Waals surface area contributed by atoms with Crippen LogP contribution in [0, 0.1) is 12.3 Å². The van der Waals surface area contributed by atoms with Crippen LogP contribution in [-0.4, -0.2) is 37.2 Å². The zero-order valence-electron chi connectivity index (χ0n) is 12.3. The van der Waals surface area contributed by atoms with E-state index in [-0.39, 0.29) is 12.1 Å². The van der Waals surface area contributed by atoms with Crippen LogP contribution in [0.15, 0.2) is 24.3 Å². The van der Waals surface area contributed by atoms with Crippen LogP contribution in [0.1, 0.15) is 19.4 Å². The highest BCUT2D eigenvalue weighted by atomic mass is 16.6. The van der Waals surface area contributed by atoms with Crippen LogP contribution in [0.4, 0.5) is 4.79 Å². The van der Waals surface area contributed by atoms with Gasteiger partial charge in [-0.3, -0.25) is 0 Å². The Kier molecular flexibility index (Phi) is 6.61. The van der Waals surface area contributed by atoms with Crippen LogP contribution in [-0.2, 0) is 6.42 Å². The van der Waals surface area contributed by atoms with Crippen LogP contribution in [0.5, 0.6) is 5.75 Å². The maximum Gasteiger partial charge on any atom is 0.414 e. The molecule has 0 aliphatic carbocycles. The Balaban J connectivity index is 2.62. The Morgan fingerprint density at radius 1 is 1.55 bits per heavy atom. The lowest BCUT2D eigenvalue weighted by Crippen LogP contribution is -2.29. The molecular formula is C16H22N2O2. The molecule has 0 bridgehead atoms. The number of amides is 1. The summed E-state index contributed by atoms with van der Waals surface area (Å²) < 4.78 is 5.30. The predicted molar refractivity (Wildman–Crippen MR) is 80.8 cm³/mol. The first-order chi connectivity index (χ1) is 9.56. The van der Waals surface area contributed by atoms with Gasteiger partial charge < -0.3 is 15.0 Å². The van der Waals surface area contributed by atoms with Crippen molar-refractivity contribution in [1.82, 2.24) is 10.2 Å². The number of hydrogen-bond acceptors (Lipinski definition) is 3. The number of carbonyl (C=O) groups is 1. The molecule has 108 valence electrons. The molecule has 0 saturated carbocycles. The van der Waals surface area contributed by atoms with E-state index in [9.17, 15) is 4.79 Å². The molecule has 0 heterocycles. The summed E-state index contributed by atoms with van der Waals surface area (Å²) in [5.74, 6) is 3.12. The Labute approximate surface area is 121 Å². The smallest absolute Gasteiger partial charge is 0.410 e. The quantitative estimate of drug-likeness (QED) is 0.809. The van der Waals surface area contributed by atoms with E-state index in [4.69, 9.17) is 11.2 Å². The number of carbonyl (C=O) groups excluding carboxylic acids is 1. The Morgan fingerprint density at radius 2 is 2.30 bits per heavy atom. The summed E-state index contributed by atoms with van der Waals surface area (Å²) in [6.45, 7) is 5.14. The summed E-state index contributed by atoms with van der Waals surface area (Å²) in [5.41, 5.74) is 1.10. The van der Waals surface area contributed by atoms with Gasteiger partial charge in [0, 0.05) is 19.6 Å². The summed E-state index contributed by atoms with van der Waals surface area (Å²) >= 11 is 0. The van der Waals surface area contributed by atoms with Crippen molar-refractivity contribution in [3.8, 4) is 18.1 Å². The minimum atomic E-state index is -0.344. The average Bonchev–Trinajstić information content (AvgIpc) is 2.44.